The number of likely N-dealkylation sites (tertiary alicyclic amines) is 2. The number of benzene rings is 4. The van der Waals surface area contributed by atoms with Gasteiger partial charge < -0.3 is 20.4 Å². The largest absolute Gasteiger partial charge is 0.322 e. The number of nitrogens with one attached hydrogen (secondary N) is 4. The Kier molecular flexibility index (Phi) is 16.3. The summed E-state index contributed by atoms with van der Waals surface area (Å²) >= 11 is 3.43. The molecule has 2 saturated heterocycles. The minimum Gasteiger partial charge on any atom is -0.322 e. The third kappa shape index (κ3) is 12.5. The van der Waals surface area contributed by atoms with Gasteiger partial charge in [-0.05, 0) is 152 Å². The van der Waals surface area contributed by atoms with Crippen LogP contribution >= 0.6 is 15.9 Å². The normalized spacial score (nSPS) is 15.7. The van der Waals surface area contributed by atoms with Crippen LogP contribution in [-0.4, -0.2) is 106 Å². The van der Waals surface area contributed by atoms with Gasteiger partial charge in [-0.3, -0.25) is 29.0 Å². The average Bonchev–Trinajstić information content (AvgIpc) is 4.07. The fourth-order valence-corrected chi connectivity index (χ4v) is 10.4. The zero-order chi connectivity index (χ0) is 50.8. The first-order valence-corrected chi connectivity index (χ1v) is 27.3. The van der Waals surface area contributed by atoms with E-state index in [0.717, 1.165) is 52.4 Å². The molecule has 12 rings (SSSR count). The average molecular weight is 1060 g/mol. The molecule has 4 aromatic carbocycles. The van der Waals surface area contributed by atoms with Crippen LogP contribution in [0.2, 0.25) is 0 Å². The summed E-state index contributed by atoms with van der Waals surface area (Å²) in [6, 6.07) is 30.3. The lowest BCUT2D eigenvalue weighted by atomic mass is 10.0. The number of amides is 2. The summed E-state index contributed by atoms with van der Waals surface area (Å²) in [5.74, 6) is 0.728. The number of aryl methyl sites for hydroxylation is 1. The highest BCUT2D eigenvalue weighted by atomic mass is 79.9. The second-order valence-electron chi connectivity index (χ2n) is 19.8. The van der Waals surface area contributed by atoms with Crippen molar-refractivity contribution in [1.82, 2.24) is 49.8 Å². The number of hydrogen-bond donors (Lipinski definition) is 4. The van der Waals surface area contributed by atoms with Crippen LogP contribution in [0.3, 0.4) is 0 Å². The van der Waals surface area contributed by atoms with Gasteiger partial charge in [-0.2, -0.15) is 20.4 Å². The monoisotopic (exact) mass is 1060 g/mol. The van der Waals surface area contributed by atoms with Gasteiger partial charge in [0, 0.05) is 57.5 Å². The van der Waals surface area contributed by atoms with Gasteiger partial charge in [0.15, 0.2) is 0 Å². The molecule has 2 saturated carbocycles. The van der Waals surface area contributed by atoms with E-state index in [2.05, 4.69) is 61.9 Å². The number of nitrogens with zero attached hydrogens (tertiary/aromatic N) is 8. The molecular formula is C57H63BrN12O4. The Morgan fingerprint density at radius 2 is 1.18 bits per heavy atom. The molecule has 6 heterocycles. The predicted octanol–water partition coefficient (Wildman–Crippen LogP) is 9.79. The van der Waals surface area contributed by atoms with E-state index in [1.54, 1.807) is 29.3 Å². The molecule has 382 valence electrons. The van der Waals surface area contributed by atoms with Crippen LogP contribution in [-0.2, 0) is 6.54 Å². The highest BCUT2D eigenvalue weighted by Crippen LogP contribution is 2.51. The minimum absolute atomic E-state index is 0.0112. The molecule has 2 amide bonds. The van der Waals surface area contributed by atoms with Gasteiger partial charge in [-0.15, -0.1) is 0 Å². The lowest BCUT2D eigenvalue weighted by molar-refractivity contribution is 0.101. The van der Waals surface area contributed by atoms with Crippen molar-refractivity contribution in [3.63, 3.8) is 0 Å². The molecule has 0 radical (unpaired) electrons. The van der Waals surface area contributed by atoms with Gasteiger partial charge >= 0.3 is 0 Å². The van der Waals surface area contributed by atoms with Crippen molar-refractivity contribution in [2.75, 3.05) is 55.2 Å². The van der Waals surface area contributed by atoms with Gasteiger partial charge in [0.2, 0.25) is 0 Å². The summed E-state index contributed by atoms with van der Waals surface area (Å²) in [7, 11) is 0. The van der Waals surface area contributed by atoms with E-state index in [1.165, 1.54) is 96.7 Å². The summed E-state index contributed by atoms with van der Waals surface area (Å²) < 4.78 is 3.61. The number of fused-ring (bicyclic) bond motifs is 2. The van der Waals surface area contributed by atoms with Gasteiger partial charge in [-0.1, -0.05) is 76.6 Å². The third-order valence-corrected chi connectivity index (χ3v) is 14.9. The fraction of sp³-hybridized carbons (Fsp3) is 0.368. The molecule has 2 aliphatic heterocycles. The number of rotatable bonds is 16. The minimum atomic E-state index is -0.222. The molecular weight excluding hydrogens is 997 g/mol. The molecule has 74 heavy (non-hydrogen) atoms. The van der Waals surface area contributed by atoms with Gasteiger partial charge in [0.1, 0.15) is 0 Å². The van der Waals surface area contributed by atoms with E-state index in [-0.39, 0.29) is 29.0 Å². The Morgan fingerprint density at radius 3 is 1.74 bits per heavy atom. The van der Waals surface area contributed by atoms with Crippen LogP contribution in [0.4, 0.5) is 11.4 Å². The number of aromatic nitrogens is 8. The number of anilines is 2. The molecule has 4 aromatic heterocycles. The third-order valence-electron chi connectivity index (χ3n) is 14.4. The zero-order valence-corrected chi connectivity index (χ0v) is 43.2. The molecule has 4 N–H and O–H groups in total. The van der Waals surface area contributed by atoms with Crippen LogP contribution in [0, 0.1) is 11.8 Å². The molecule has 2 aliphatic carbocycles. The second-order valence-corrected chi connectivity index (χ2v) is 20.6. The summed E-state index contributed by atoms with van der Waals surface area (Å²) in [5.41, 5.74) is 5.44. The first-order chi connectivity index (χ1) is 36.3. The van der Waals surface area contributed by atoms with E-state index in [0.29, 0.717) is 50.8 Å². The molecule has 0 bridgehead atoms. The predicted molar refractivity (Wildman–Crippen MR) is 295 cm³/mol. The number of carbonyl (C=O) groups excluding carboxylic acids is 2. The first-order valence-electron chi connectivity index (χ1n) is 26.1. The highest BCUT2D eigenvalue weighted by Gasteiger charge is 2.44. The quantitative estimate of drug-likeness (QED) is 0.0678. The number of halogens is 1. The van der Waals surface area contributed by atoms with Crippen molar-refractivity contribution in [3.8, 4) is 22.5 Å². The standard InChI is InChI=1S/C25H26N6O2.C25H23N5O2.C7H14BrN/c32-24(19-16-26-31(17-19)15-5-14-30-12-3-4-13-30)27-20-10-8-18(9-11-20)23-21-6-1-2-7-22(21)25(33)29-28-23;31-24(18-13-26-27-14-18)28-19-11-9-15(10-12-19)22-20-3-1-2-4-21(20)25(32)30(29-22)23(16-5-6-16)17-7-8-17;8-4-3-7-9-5-1-2-6-9/h1-2,6-11,16-17H,3-5,12-15H2,(H,27,32)(H,29,33);1-4,9-14,16-17,23H,5-8H2,(H,26,27)(H,28,31);1-7H2. The van der Waals surface area contributed by atoms with Crippen LogP contribution in [0.5, 0.6) is 0 Å². The summed E-state index contributed by atoms with van der Waals surface area (Å²) in [4.78, 5) is 55.3. The van der Waals surface area contributed by atoms with Crippen LogP contribution < -0.4 is 21.8 Å². The van der Waals surface area contributed by atoms with Crippen molar-refractivity contribution < 1.29 is 9.59 Å². The summed E-state index contributed by atoms with van der Waals surface area (Å²) in [6.07, 6.45) is 18.9. The smallest absolute Gasteiger partial charge is 0.274 e. The molecule has 4 fully saturated rings. The Labute approximate surface area is 438 Å². The van der Waals surface area contributed by atoms with E-state index in [1.807, 2.05) is 95.7 Å². The van der Waals surface area contributed by atoms with E-state index in [4.69, 9.17) is 5.10 Å². The molecule has 0 unspecified atom stereocenters. The summed E-state index contributed by atoms with van der Waals surface area (Å²) in [5, 5.41) is 32.4. The Hall–Kier alpha value is -7.08. The van der Waals surface area contributed by atoms with E-state index >= 15 is 0 Å². The first kappa shape index (κ1) is 50.5. The Bertz CT molecular complexity index is 3270. The molecule has 16 nitrogen and oxygen atoms in total. The lowest BCUT2D eigenvalue weighted by Crippen LogP contribution is -2.30. The molecule has 0 spiro atoms. The van der Waals surface area contributed by atoms with Crippen LogP contribution in [0.15, 0.2) is 131 Å². The van der Waals surface area contributed by atoms with Crippen molar-refractivity contribution >= 4 is 60.7 Å². The number of alkyl halides is 1. The zero-order valence-electron chi connectivity index (χ0n) is 41.6. The number of carbonyl (C=O) groups is 2. The maximum Gasteiger partial charge on any atom is 0.274 e. The van der Waals surface area contributed by atoms with E-state index < -0.39 is 0 Å². The van der Waals surface area contributed by atoms with Gasteiger partial charge in [0.05, 0.1) is 51.7 Å². The summed E-state index contributed by atoms with van der Waals surface area (Å²) in [6.45, 7) is 8.25. The number of H-pyrrole nitrogens is 2. The Balaban J connectivity index is 0.000000145. The maximum absolute atomic E-state index is 13.4. The van der Waals surface area contributed by atoms with Crippen LogP contribution in [0.1, 0.15) is 91.0 Å². The van der Waals surface area contributed by atoms with Gasteiger partial charge in [-0.25, -0.2) is 9.78 Å². The number of aromatic amines is 2. The SMILES string of the molecule is BrCCCN1CCCC1.O=C(Nc1ccc(-c2n[nH]c(=O)c3ccccc23)cc1)c1cnn(CCCN2CCCC2)c1.O=C(Nc1ccc(-c2nn(C(C3CC3)C3CC3)c(=O)c3ccccc23)cc1)c1cn[nH]c1. The van der Waals surface area contributed by atoms with E-state index in [9.17, 15) is 19.2 Å². The Morgan fingerprint density at radius 1 is 0.635 bits per heavy atom. The van der Waals surface area contributed by atoms with Gasteiger partial charge in [0.25, 0.3) is 22.9 Å². The maximum atomic E-state index is 13.4. The molecule has 0 atom stereocenters. The lowest BCUT2D eigenvalue weighted by Gasteiger charge is -2.20. The van der Waals surface area contributed by atoms with Crippen LogP contribution in [0.25, 0.3) is 44.1 Å². The second kappa shape index (κ2) is 23.9. The highest BCUT2D eigenvalue weighted by molar-refractivity contribution is 9.09. The molecule has 4 aliphatic rings. The number of hydrogen-bond acceptors (Lipinski definition) is 10. The van der Waals surface area contributed by atoms with Crippen molar-refractivity contribution in [3.05, 3.63) is 154 Å². The molecule has 17 heteroatoms. The fourth-order valence-electron chi connectivity index (χ4n) is 10.2. The van der Waals surface area contributed by atoms with Crippen molar-refractivity contribution in [1.29, 1.82) is 0 Å². The van der Waals surface area contributed by atoms with Crippen molar-refractivity contribution in [2.45, 2.75) is 76.8 Å². The molecule has 8 aromatic rings. The van der Waals surface area contributed by atoms with Crippen molar-refractivity contribution in [2.24, 2.45) is 11.8 Å². The topological polar surface area (TPSA) is 192 Å².